The number of para-hydroxylation sites is 1. The van der Waals surface area contributed by atoms with Gasteiger partial charge in [0, 0.05) is 51.5 Å². The summed E-state index contributed by atoms with van der Waals surface area (Å²) in [5.74, 6) is -1.64. The number of hydrogen-bond donors (Lipinski definition) is 6. The van der Waals surface area contributed by atoms with Crippen molar-refractivity contribution in [2.24, 2.45) is 5.92 Å². The number of nitrogens with zero attached hydrogens (tertiary/aromatic N) is 4. The second kappa shape index (κ2) is 24.2. The molecule has 0 aliphatic heterocycles. The lowest BCUT2D eigenvalue weighted by Crippen LogP contribution is -2.37. The third kappa shape index (κ3) is 17.0. The van der Waals surface area contributed by atoms with Crippen LogP contribution >= 0.6 is 19.2 Å². The molecule has 4 rings (SSSR count). The van der Waals surface area contributed by atoms with Crippen LogP contribution in [0.3, 0.4) is 0 Å². The number of imidazole rings is 1. The van der Waals surface area contributed by atoms with Crippen LogP contribution in [0.2, 0.25) is 5.02 Å². The van der Waals surface area contributed by atoms with Crippen LogP contribution in [0.1, 0.15) is 45.6 Å². The standard InChI is InChI=1S/C25H38N7O10P.C6H5ClO.C5H8O3/c1-14(2)21(34)28-24-27-20-19(23(36)29-24)26-13-32(20)10-17(18(11-33)40-5)42-43(6,38)41-12-16(39-4)7-8-31-9-15(3)22(35)30-25(31)37;7-5-3-1-2-4-6(5)8;1-4(6)2-3-5(7)8/h9,13-14,16-18,33H,7-8,10-12H2,1-6H3,(H,30,35,37)(H2,27,28,29,34,36);1-4,8H;2-3H2,1H3,(H,7,8)/t16?,17-,18?,43?;;/m0../s1. The predicted octanol–water partition coefficient (Wildman–Crippen LogP) is 2.70. The molecule has 4 aromatic rings. The van der Waals surface area contributed by atoms with Crippen LogP contribution in [0, 0.1) is 12.8 Å². The van der Waals surface area contributed by atoms with Crippen molar-refractivity contribution in [1.29, 1.82) is 0 Å². The van der Waals surface area contributed by atoms with E-state index in [-0.39, 0.29) is 73.0 Å². The van der Waals surface area contributed by atoms with Gasteiger partial charge in [-0.15, -0.1) is 0 Å². The summed E-state index contributed by atoms with van der Waals surface area (Å²) in [4.78, 5) is 81.3. The highest BCUT2D eigenvalue weighted by Crippen LogP contribution is 2.46. The number of phenols is 1. The van der Waals surface area contributed by atoms with Crippen LogP contribution in [0.15, 0.2) is 51.2 Å². The molecule has 0 spiro atoms. The number of Topliss-reactive ketones (excluding diaryl/α,β-unsaturated/α-hetero) is 1. The van der Waals surface area contributed by atoms with Gasteiger partial charge in [0.15, 0.2) is 11.2 Å². The van der Waals surface area contributed by atoms with Gasteiger partial charge in [0.05, 0.1) is 43.6 Å². The van der Waals surface area contributed by atoms with Crippen LogP contribution in [0.25, 0.3) is 11.2 Å². The summed E-state index contributed by atoms with van der Waals surface area (Å²) < 4.78 is 38.4. The van der Waals surface area contributed by atoms with Gasteiger partial charge in [0.2, 0.25) is 11.9 Å². The molecule has 21 nitrogen and oxygen atoms in total. The zero-order valence-electron chi connectivity index (χ0n) is 33.7. The molecular weight excluding hydrogens is 821 g/mol. The number of carbonyl (C=O) groups is 3. The Labute approximate surface area is 343 Å². The van der Waals surface area contributed by atoms with Crippen molar-refractivity contribution in [2.45, 2.75) is 78.4 Å². The van der Waals surface area contributed by atoms with Gasteiger partial charge in [-0.05, 0) is 32.4 Å². The number of ketones is 1. The monoisotopic (exact) mass is 871 g/mol. The van der Waals surface area contributed by atoms with Crippen LogP contribution in [-0.2, 0) is 50.6 Å². The number of hydrogen-bond acceptors (Lipinski definition) is 15. The number of aromatic amines is 2. The third-order valence-corrected chi connectivity index (χ3v) is 9.69. The van der Waals surface area contributed by atoms with E-state index < -0.39 is 55.3 Å². The van der Waals surface area contributed by atoms with E-state index in [1.54, 1.807) is 45.0 Å². The number of carbonyl (C=O) groups excluding carboxylic acids is 2. The van der Waals surface area contributed by atoms with Crippen molar-refractivity contribution in [2.75, 3.05) is 39.4 Å². The summed E-state index contributed by atoms with van der Waals surface area (Å²) in [6.45, 7) is 7.03. The molecule has 0 aliphatic rings. The van der Waals surface area contributed by atoms with Gasteiger partial charge in [-0.25, -0.2) is 9.78 Å². The highest BCUT2D eigenvalue weighted by molar-refractivity contribution is 7.53. The number of aryl methyl sites for hydroxylation is 2. The van der Waals surface area contributed by atoms with Crippen LogP contribution in [0.4, 0.5) is 5.95 Å². The fraction of sp³-hybridized carbons (Fsp3) is 0.500. The SMILES string of the molecule is CC(=O)CCC(=O)O.COC(CCn1cc(C)c(=O)[nH]c1=O)COP(C)(=O)O[C@@H](Cn1cnc2c(=O)[nH]c(NC(=O)C(C)C)nc21)C(CO)OC.Oc1ccccc1Cl. The number of rotatable bonds is 19. The molecule has 0 fully saturated rings. The zero-order valence-corrected chi connectivity index (χ0v) is 35.3. The Balaban J connectivity index is 0.000000621. The topological polar surface area (TPSA) is 296 Å². The number of benzene rings is 1. The van der Waals surface area contributed by atoms with Gasteiger partial charge in [-0.3, -0.25) is 39.0 Å². The maximum absolute atomic E-state index is 13.4. The number of fused-ring (bicyclic) bond motifs is 1. The number of phenolic OH excluding ortho intramolecular Hbond substituents is 1. The van der Waals surface area contributed by atoms with E-state index in [4.69, 9.17) is 40.3 Å². The summed E-state index contributed by atoms with van der Waals surface area (Å²) >= 11 is 5.46. The number of anilines is 1. The van der Waals surface area contributed by atoms with Gasteiger partial charge in [0.1, 0.15) is 23.7 Å². The minimum atomic E-state index is -3.81. The number of methoxy groups -OCH3 is 2. The van der Waals surface area contributed by atoms with Gasteiger partial charge < -0.3 is 47.8 Å². The number of nitrogens with one attached hydrogen (secondary N) is 3. The number of H-pyrrole nitrogens is 2. The normalized spacial score (nSPS) is 13.6. The Kier molecular flexibility index (Phi) is 20.5. The Bertz CT molecular complexity index is 2200. The average Bonchev–Trinajstić information content (AvgIpc) is 3.57. The van der Waals surface area contributed by atoms with E-state index in [0.29, 0.717) is 17.0 Å². The highest BCUT2D eigenvalue weighted by Gasteiger charge is 2.32. The molecule has 4 atom stereocenters. The fourth-order valence-corrected chi connectivity index (χ4v) is 6.06. The van der Waals surface area contributed by atoms with E-state index in [2.05, 4.69) is 25.3 Å². The quantitative estimate of drug-likeness (QED) is 0.0738. The van der Waals surface area contributed by atoms with Gasteiger partial charge in [-0.1, -0.05) is 37.6 Å². The van der Waals surface area contributed by atoms with Crippen molar-refractivity contribution in [3.05, 3.63) is 78.6 Å². The molecule has 0 aliphatic carbocycles. The molecule has 0 radical (unpaired) electrons. The van der Waals surface area contributed by atoms with Crippen LogP contribution in [0.5, 0.6) is 5.75 Å². The lowest BCUT2D eigenvalue weighted by Gasteiger charge is -2.28. The lowest BCUT2D eigenvalue weighted by molar-refractivity contribution is -0.138. The molecular formula is C36H51ClN7O14P. The molecule has 59 heavy (non-hydrogen) atoms. The first kappa shape index (κ1) is 50.1. The number of aliphatic hydroxyl groups excluding tert-OH is 1. The van der Waals surface area contributed by atoms with Crippen LogP contribution in [-0.4, -0.2) is 114 Å². The van der Waals surface area contributed by atoms with Gasteiger partial charge >= 0.3 is 19.3 Å². The first-order valence-corrected chi connectivity index (χ1v) is 20.4. The van der Waals surface area contributed by atoms with Crippen molar-refractivity contribution in [3.8, 4) is 5.75 Å². The summed E-state index contributed by atoms with van der Waals surface area (Å²) in [7, 11) is -1.03. The number of aromatic nitrogens is 6. The summed E-state index contributed by atoms with van der Waals surface area (Å²) in [6.07, 6.45) is 0.566. The summed E-state index contributed by atoms with van der Waals surface area (Å²) in [6, 6.07) is 6.67. The second-order valence-corrected chi connectivity index (χ2v) is 15.7. The van der Waals surface area contributed by atoms with E-state index in [0.717, 1.165) is 0 Å². The maximum atomic E-state index is 13.4. The molecule has 3 unspecified atom stereocenters. The number of ether oxygens (including phenoxy) is 2. The molecule has 23 heteroatoms. The Morgan fingerprint density at radius 3 is 2.22 bits per heavy atom. The van der Waals surface area contributed by atoms with Crippen LogP contribution < -0.4 is 22.1 Å². The third-order valence-electron chi connectivity index (χ3n) is 8.09. The average molecular weight is 872 g/mol. The Hall–Kier alpha value is -5.02. The first-order valence-electron chi connectivity index (χ1n) is 18.0. The number of aromatic hydroxyl groups is 1. The Morgan fingerprint density at radius 2 is 1.69 bits per heavy atom. The number of amides is 1. The molecule has 1 aromatic carbocycles. The predicted molar refractivity (Wildman–Crippen MR) is 216 cm³/mol. The fourth-order valence-electron chi connectivity index (χ4n) is 4.73. The lowest BCUT2D eigenvalue weighted by atomic mass is 10.2. The highest BCUT2D eigenvalue weighted by atomic mass is 35.5. The minimum absolute atomic E-state index is 0.00470. The second-order valence-electron chi connectivity index (χ2n) is 13.3. The molecule has 0 saturated heterocycles. The summed E-state index contributed by atoms with van der Waals surface area (Å²) in [5, 5.41) is 29.6. The largest absolute Gasteiger partial charge is 0.506 e. The molecule has 0 saturated carbocycles. The van der Waals surface area contributed by atoms with E-state index in [1.165, 1.54) is 49.5 Å². The van der Waals surface area contributed by atoms with E-state index >= 15 is 0 Å². The van der Waals surface area contributed by atoms with Crippen molar-refractivity contribution < 1.29 is 52.8 Å². The van der Waals surface area contributed by atoms with Gasteiger partial charge in [-0.2, -0.15) is 4.98 Å². The number of carboxylic acid groups (broad SMARTS) is 1. The van der Waals surface area contributed by atoms with Crippen molar-refractivity contribution >= 4 is 54.0 Å². The number of halogens is 1. The molecule has 3 aromatic heterocycles. The van der Waals surface area contributed by atoms with E-state index in [1.807, 2.05) is 0 Å². The molecule has 3 heterocycles. The van der Waals surface area contributed by atoms with Crippen molar-refractivity contribution in [3.63, 3.8) is 0 Å². The first-order chi connectivity index (χ1) is 27.7. The smallest absolute Gasteiger partial charge is 0.328 e. The molecule has 0 bridgehead atoms. The molecule has 6 N–H and O–H groups in total. The minimum Gasteiger partial charge on any atom is -0.506 e. The van der Waals surface area contributed by atoms with Crippen molar-refractivity contribution in [1.82, 2.24) is 29.1 Å². The number of aliphatic hydroxyl groups is 1. The Morgan fingerprint density at radius 1 is 1.02 bits per heavy atom. The van der Waals surface area contributed by atoms with Gasteiger partial charge in [0.25, 0.3) is 11.1 Å². The molecule has 1 amide bonds. The summed E-state index contributed by atoms with van der Waals surface area (Å²) in [5.41, 5.74) is -1.13. The van der Waals surface area contributed by atoms with E-state index in [9.17, 15) is 38.4 Å². The maximum Gasteiger partial charge on any atom is 0.328 e. The number of aliphatic carboxylic acids is 1. The molecule has 326 valence electrons. The zero-order chi connectivity index (χ0) is 44.4. The number of carboxylic acids is 1.